The van der Waals surface area contributed by atoms with Gasteiger partial charge in [-0.3, -0.25) is 4.90 Å². The maximum atomic E-state index is 11.7. The molecule has 0 fully saturated rings. The molecular formula is C19H18N2O2. The lowest BCUT2D eigenvalue weighted by atomic mass is 10.1. The van der Waals surface area contributed by atoms with Gasteiger partial charge in [-0.25, -0.2) is 4.79 Å². The number of nitrogens with zero attached hydrogens (tertiary/aromatic N) is 1. The molecule has 1 aliphatic rings. The first-order chi connectivity index (χ1) is 11.2. The van der Waals surface area contributed by atoms with E-state index in [0.29, 0.717) is 5.56 Å². The van der Waals surface area contributed by atoms with E-state index < -0.39 is 0 Å². The molecule has 1 N–H and O–H groups in total. The van der Waals surface area contributed by atoms with Gasteiger partial charge in [-0.1, -0.05) is 30.3 Å². The molecule has 0 saturated carbocycles. The Kier molecular flexibility index (Phi) is 3.39. The van der Waals surface area contributed by atoms with Gasteiger partial charge in [0.1, 0.15) is 0 Å². The van der Waals surface area contributed by atoms with Gasteiger partial charge in [0.2, 0.25) is 0 Å². The largest absolute Gasteiger partial charge is 0.465 e. The summed E-state index contributed by atoms with van der Waals surface area (Å²) in [7, 11) is 1.41. The highest BCUT2D eigenvalue weighted by atomic mass is 16.5. The van der Waals surface area contributed by atoms with E-state index in [2.05, 4.69) is 34.1 Å². The van der Waals surface area contributed by atoms with Crippen molar-refractivity contribution in [1.82, 2.24) is 9.88 Å². The zero-order valence-electron chi connectivity index (χ0n) is 13.0. The van der Waals surface area contributed by atoms with Crippen LogP contribution in [0, 0.1) is 0 Å². The second kappa shape index (κ2) is 5.56. The molecule has 0 bridgehead atoms. The number of carbonyl (C=O) groups is 1. The van der Waals surface area contributed by atoms with Crippen molar-refractivity contribution in [1.29, 1.82) is 0 Å². The lowest BCUT2D eigenvalue weighted by molar-refractivity contribution is 0.0601. The van der Waals surface area contributed by atoms with Crippen molar-refractivity contribution in [2.24, 2.45) is 0 Å². The lowest BCUT2D eigenvalue weighted by Crippen LogP contribution is -2.16. The third-order valence-corrected chi connectivity index (χ3v) is 4.43. The Hall–Kier alpha value is -2.59. The Bertz CT molecular complexity index is 868. The number of fused-ring (bicyclic) bond motifs is 3. The number of H-pyrrole nitrogens is 1. The summed E-state index contributed by atoms with van der Waals surface area (Å²) >= 11 is 0. The fraction of sp³-hybridized carbons (Fsp3) is 0.211. The zero-order valence-corrected chi connectivity index (χ0v) is 13.0. The first-order valence-electron chi connectivity index (χ1n) is 7.72. The van der Waals surface area contributed by atoms with E-state index in [9.17, 15) is 4.79 Å². The van der Waals surface area contributed by atoms with Crippen LogP contribution in [0.15, 0.2) is 48.5 Å². The van der Waals surface area contributed by atoms with Crippen LogP contribution in [0.1, 0.15) is 27.2 Å². The highest BCUT2D eigenvalue weighted by Crippen LogP contribution is 2.31. The maximum Gasteiger partial charge on any atom is 0.337 e. The number of nitrogens with one attached hydrogen (secondary N) is 1. The van der Waals surface area contributed by atoms with Gasteiger partial charge in [0, 0.05) is 36.2 Å². The second-order valence-electron chi connectivity index (χ2n) is 5.96. The molecule has 0 atom stereocenters. The van der Waals surface area contributed by atoms with Gasteiger partial charge in [-0.15, -0.1) is 0 Å². The first kappa shape index (κ1) is 14.0. The molecule has 1 aliphatic heterocycles. The van der Waals surface area contributed by atoms with Gasteiger partial charge in [-0.2, -0.15) is 0 Å². The Morgan fingerprint density at radius 2 is 2.00 bits per heavy atom. The zero-order chi connectivity index (χ0) is 15.8. The van der Waals surface area contributed by atoms with Crippen molar-refractivity contribution >= 4 is 16.9 Å². The van der Waals surface area contributed by atoms with Crippen LogP contribution >= 0.6 is 0 Å². The molecule has 0 unspecified atom stereocenters. The summed E-state index contributed by atoms with van der Waals surface area (Å²) in [5.41, 5.74) is 5.54. The summed E-state index contributed by atoms with van der Waals surface area (Å²) in [5.74, 6) is -0.291. The number of methoxy groups -OCH3 is 1. The minimum absolute atomic E-state index is 0.291. The van der Waals surface area contributed by atoms with Gasteiger partial charge in [0.25, 0.3) is 0 Å². The quantitative estimate of drug-likeness (QED) is 0.754. The van der Waals surface area contributed by atoms with Crippen molar-refractivity contribution in [3.05, 3.63) is 70.9 Å². The first-order valence-corrected chi connectivity index (χ1v) is 7.72. The molecule has 4 nitrogen and oxygen atoms in total. The van der Waals surface area contributed by atoms with Gasteiger partial charge < -0.3 is 9.72 Å². The molecule has 0 amide bonds. The van der Waals surface area contributed by atoms with Crippen LogP contribution in [-0.4, -0.2) is 23.0 Å². The normalized spacial score (nSPS) is 14.1. The molecular weight excluding hydrogens is 288 g/mol. The predicted octanol–water partition coefficient (Wildman–Crippen LogP) is 3.47. The summed E-state index contributed by atoms with van der Waals surface area (Å²) < 4.78 is 4.82. The minimum Gasteiger partial charge on any atom is -0.465 e. The molecule has 3 aromatic rings. The Labute approximate surface area is 134 Å². The maximum absolute atomic E-state index is 11.7. The van der Waals surface area contributed by atoms with E-state index >= 15 is 0 Å². The van der Waals surface area contributed by atoms with E-state index in [1.54, 1.807) is 0 Å². The van der Waals surface area contributed by atoms with Gasteiger partial charge in [-0.05, 0) is 29.3 Å². The van der Waals surface area contributed by atoms with E-state index in [4.69, 9.17) is 4.74 Å². The number of hydrogen-bond donors (Lipinski definition) is 1. The molecule has 2 aromatic carbocycles. The molecule has 0 radical (unpaired) electrons. The van der Waals surface area contributed by atoms with E-state index in [1.165, 1.54) is 23.9 Å². The van der Waals surface area contributed by atoms with E-state index in [1.807, 2.05) is 24.3 Å². The van der Waals surface area contributed by atoms with Crippen molar-refractivity contribution in [3.8, 4) is 0 Å². The third kappa shape index (κ3) is 2.51. The number of hydrogen-bond acceptors (Lipinski definition) is 3. The van der Waals surface area contributed by atoms with E-state index in [-0.39, 0.29) is 5.97 Å². The Morgan fingerprint density at radius 3 is 2.78 bits per heavy atom. The molecule has 0 spiro atoms. The SMILES string of the molecule is COC(=O)c1ccc2[nH]c3c(c2c1)CN(Cc1ccccc1)C3. The van der Waals surface area contributed by atoms with Crippen LogP contribution in [0.3, 0.4) is 0 Å². The van der Waals surface area contributed by atoms with Gasteiger partial charge in [0.05, 0.1) is 12.7 Å². The number of ether oxygens (including phenoxy) is 1. The monoisotopic (exact) mass is 306 g/mol. The number of benzene rings is 2. The predicted molar refractivity (Wildman–Crippen MR) is 89.0 cm³/mol. The van der Waals surface area contributed by atoms with Crippen LogP contribution in [-0.2, 0) is 24.4 Å². The second-order valence-corrected chi connectivity index (χ2v) is 5.96. The van der Waals surface area contributed by atoms with Crippen molar-refractivity contribution in [3.63, 3.8) is 0 Å². The molecule has 4 heteroatoms. The Morgan fingerprint density at radius 1 is 1.17 bits per heavy atom. The minimum atomic E-state index is -0.291. The van der Waals surface area contributed by atoms with Crippen molar-refractivity contribution in [2.75, 3.05) is 7.11 Å². The number of aromatic nitrogens is 1. The van der Waals surface area contributed by atoms with Crippen molar-refractivity contribution < 1.29 is 9.53 Å². The van der Waals surface area contributed by atoms with Gasteiger partial charge >= 0.3 is 5.97 Å². The molecule has 23 heavy (non-hydrogen) atoms. The summed E-state index contributed by atoms with van der Waals surface area (Å²) in [6.07, 6.45) is 0. The number of rotatable bonds is 3. The average Bonchev–Trinajstić information content (AvgIpc) is 3.11. The lowest BCUT2D eigenvalue weighted by Gasteiger charge is -2.15. The van der Waals surface area contributed by atoms with Crippen LogP contribution in [0.2, 0.25) is 0 Å². The fourth-order valence-electron chi connectivity index (χ4n) is 3.32. The van der Waals surface area contributed by atoms with Crippen LogP contribution in [0.4, 0.5) is 0 Å². The molecule has 0 aliphatic carbocycles. The van der Waals surface area contributed by atoms with Crippen LogP contribution in [0.25, 0.3) is 10.9 Å². The highest BCUT2D eigenvalue weighted by molar-refractivity contribution is 5.96. The smallest absolute Gasteiger partial charge is 0.337 e. The average molecular weight is 306 g/mol. The summed E-state index contributed by atoms with van der Waals surface area (Å²) in [5, 5.41) is 1.12. The highest BCUT2D eigenvalue weighted by Gasteiger charge is 2.24. The summed E-state index contributed by atoms with van der Waals surface area (Å²) in [6, 6.07) is 16.2. The fourth-order valence-corrected chi connectivity index (χ4v) is 3.32. The molecule has 0 saturated heterocycles. The summed E-state index contributed by atoms with van der Waals surface area (Å²) in [6.45, 7) is 2.74. The number of aromatic amines is 1. The van der Waals surface area contributed by atoms with E-state index in [0.717, 1.165) is 30.5 Å². The standard InChI is InChI=1S/C19H18N2O2/c1-23-19(22)14-7-8-17-15(9-14)16-11-21(12-18(16)20-17)10-13-5-3-2-4-6-13/h2-9,20H,10-12H2,1H3. The van der Waals surface area contributed by atoms with Crippen molar-refractivity contribution in [2.45, 2.75) is 19.6 Å². The topological polar surface area (TPSA) is 45.3 Å². The molecule has 4 rings (SSSR count). The number of carbonyl (C=O) groups excluding carboxylic acids is 1. The Balaban J connectivity index is 1.62. The number of esters is 1. The molecule has 2 heterocycles. The van der Waals surface area contributed by atoms with Gasteiger partial charge in [0.15, 0.2) is 0 Å². The molecule has 116 valence electrons. The summed E-state index contributed by atoms with van der Waals surface area (Å²) in [4.78, 5) is 17.6. The van der Waals surface area contributed by atoms with Crippen LogP contribution < -0.4 is 0 Å². The van der Waals surface area contributed by atoms with Crippen LogP contribution in [0.5, 0.6) is 0 Å². The molecule has 1 aromatic heterocycles. The third-order valence-electron chi connectivity index (χ3n) is 4.43.